The number of benzene rings is 1. The van der Waals surface area contributed by atoms with Crippen LogP contribution in [0.15, 0.2) is 36.5 Å². The molecule has 3 aliphatic heterocycles. The largest absolute Gasteiger partial charge is 0.489 e. The molecule has 2 aromatic rings. The Morgan fingerprint density at radius 1 is 1.19 bits per heavy atom. The minimum absolute atomic E-state index is 0.230. The molecule has 2 atom stereocenters. The van der Waals surface area contributed by atoms with Crippen molar-refractivity contribution in [3.8, 4) is 16.9 Å². The Bertz CT molecular complexity index is 1070. The summed E-state index contributed by atoms with van der Waals surface area (Å²) in [5.74, 6) is 0.734. The zero-order valence-corrected chi connectivity index (χ0v) is 16.7. The molecule has 2 fully saturated rings. The molecule has 1 aromatic carbocycles. The monoisotopic (exact) mass is 424 g/mol. The van der Waals surface area contributed by atoms with Crippen molar-refractivity contribution in [1.29, 1.82) is 0 Å². The second-order valence-corrected chi connectivity index (χ2v) is 7.55. The fraction of sp³-hybridized carbons (Fsp3) is 0.333. The lowest BCUT2D eigenvalue weighted by atomic mass is 10.0. The molecule has 0 radical (unpaired) electrons. The van der Waals surface area contributed by atoms with Gasteiger partial charge in [-0.25, -0.2) is 14.6 Å². The molecule has 3 aliphatic rings. The highest BCUT2D eigenvalue weighted by Gasteiger charge is 2.46. The van der Waals surface area contributed by atoms with Gasteiger partial charge in [-0.05, 0) is 29.8 Å². The van der Waals surface area contributed by atoms with Gasteiger partial charge in [0, 0.05) is 31.8 Å². The van der Waals surface area contributed by atoms with Crippen LogP contribution in [-0.2, 0) is 9.53 Å². The van der Waals surface area contributed by atoms with Crippen molar-refractivity contribution in [2.75, 3.05) is 36.1 Å². The van der Waals surface area contributed by atoms with E-state index in [1.165, 1.54) is 21.6 Å². The fourth-order valence-electron chi connectivity index (χ4n) is 4.13. The van der Waals surface area contributed by atoms with Gasteiger partial charge in [0.2, 0.25) is 5.91 Å². The Morgan fingerprint density at radius 2 is 2.00 bits per heavy atom. The second-order valence-electron chi connectivity index (χ2n) is 7.55. The summed E-state index contributed by atoms with van der Waals surface area (Å²) in [7, 11) is 0. The van der Waals surface area contributed by atoms with E-state index in [4.69, 9.17) is 9.47 Å². The zero-order chi connectivity index (χ0) is 21.7. The fourth-order valence-corrected chi connectivity index (χ4v) is 4.13. The number of hydrogen-bond donors (Lipinski definition) is 1. The molecule has 4 amide bonds. The molecule has 0 aliphatic carbocycles. The van der Waals surface area contributed by atoms with Gasteiger partial charge in [0.05, 0.1) is 12.3 Å². The summed E-state index contributed by atoms with van der Waals surface area (Å²) in [5, 5.41) is 9.41. The van der Waals surface area contributed by atoms with E-state index < -0.39 is 12.2 Å². The molecule has 1 aromatic heterocycles. The number of anilines is 2. The number of hydrogen-bond acceptors (Lipinski definition) is 7. The number of rotatable bonds is 3. The summed E-state index contributed by atoms with van der Waals surface area (Å²) in [6.45, 7) is 2.08. The molecule has 160 valence electrons. The molecule has 10 heteroatoms. The zero-order valence-electron chi connectivity index (χ0n) is 16.7. The van der Waals surface area contributed by atoms with Crippen molar-refractivity contribution in [1.82, 2.24) is 9.88 Å². The molecule has 4 heterocycles. The molecule has 0 saturated carbocycles. The van der Waals surface area contributed by atoms with Crippen LogP contribution in [0.3, 0.4) is 0 Å². The van der Waals surface area contributed by atoms with Crippen LogP contribution in [0.1, 0.15) is 6.92 Å². The molecule has 0 unspecified atom stereocenters. The Kier molecular flexibility index (Phi) is 4.51. The maximum Gasteiger partial charge on any atom is 0.415 e. The van der Waals surface area contributed by atoms with Gasteiger partial charge in [-0.1, -0.05) is 6.07 Å². The predicted octanol–water partition coefficient (Wildman–Crippen LogP) is 1.62. The molecule has 1 N–H and O–H groups in total. The number of ether oxygens (including phenoxy) is 2. The van der Waals surface area contributed by atoms with E-state index >= 15 is 0 Å². The molecule has 31 heavy (non-hydrogen) atoms. The number of amides is 4. The first-order valence-corrected chi connectivity index (χ1v) is 9.91. The molecular weight excluding hydrogens is 404 g/mol. The van der Waals surface area contributed by atoms with Crippen LogP contribution in [0.25, 0.3) is 11.1 Å². The standard InChI is InChI=1S/C21H20N4O6/c1-12(27)23-6-7-24(20(23)28)19-5-3-14(9-22-19)13-2-4-15-17(8-13)30-11-16-18(10-26)31-21(29)25(15)16/h2-5,8-9,16,18,26H,6-7,10-11H2,1H3/t16-,18-/m0/s1. The predicted molar refractivity (Wildman–Crippen MR) is 109 cm³/mol. The van der Waals surface area contributed by atoms with Crippen molar-refractivity contribution >= 4 is 29.5 Å². The van der Waals surface area contributed by atoms with E-state index in [2.05, 4.69) is 4.98 Å². The van der Waals surface area contributed by atoms with Gasteiger partial charge in [0.1, 0.15) is 24.2 Å². The van der Waals surface area contributed by atoms with Crippen molar-refractivity contribution in [2.24, 2.45) is 0 Å². The van der Waals surface area contributed by atoms with E-state index in [-0.39, 0.29) is 31.2 Å². The van der Waals surface area contributed by atoms with Gasteiger partial charge in [-0.3, -0.25) is 19.5 Å². The number of pyridine rings is 1. The third-order valence-corrected chi connectivity index (χ3v) is 5.77. The van der Waals surface area contributed by atoms with Crippen LogP contribution < -0.4 is 14.5 Å². The summed E-state index contributed by atoms with van der Waals surface area (Å²) in [6.07, 6.45) is 0.546. The number of urea groups is 1. The highest BCUT2D eigenvalue weighted by atomic mass is 16.6. The Hall–Kier alpha value is -3.66. The number of nitrogens with zero attached hydrogens (tertiary/aromatic N) is 4. The summed E-state index contributed by atoms with van der Waals surface area (Å²) < 4.78 is 11.0. The van der Waals surface area contributed by atoms with Crippen LogP contribution in [0.2, 0.25) is 0 Å². The number of fused-ring (bicyclic) bond motifs is 3. The average molecular weight is 424 g/mol. The third kappa shape index (κ3) is 3.07. The maximum absolute atomic E-state index is 12.3. The van der Waals surface area contributed by atoms with Crippen molar-refractivity contribution in [3.63, 3.8) is 0 Å². The number of aliphatic hydroxyl groups is 1. The number of aromatic nitrogens is 1. The van der Waals surface area contributed by atoms with Gasteiger partial charge in [-0.15, -0.1) is 0 Å². The number of carbonyl (C=O) groups is 3. The van der Waals surface area contributed by atoms with Gasteiger partial charge in [0.25, 0.3) is 0 Å². The van der Waals surface area contributed by atoms with E-state index in [1.54, 1.807) is 18.3 Å². The average Bonchev–Trinajstić information content (AvgIpc) is 3.33. The van der Waals surface area contributed by atoms with Crippen LogP contribution in [0.5, 0.6) is 5.75 Å². The van der Waals surface area contributed by atoms with Crippen LogP contribution in [0.4, 0.5) is 21.1 Å². The van der Waals surface area contributed by atoms with Crippen molar-refractivity contribution < 1.29 is 29.0 Å². The lowest BCUT2D eigenvalue weighted by Crippen LogP contribution is -2.45. The number of cyclic esters (lactones) is 1. The van der Waals surface area contributed by atoms with Gasteiger partial charge in [0.15, 0.2) is 6.10 Å². The van der Waals surface area contributed by atoms with Crippen LogP contribution in [0, 0.1) is 0 Å². The smallest absolute Gasteiger partial charge is 0.415 e. The number of carbonyl (C=O) groups excluding carboxylic acids is 3. The topological polar surface area (TPSA) is 113 Å². The summed E-state index contributed by atoms with van der Waals surface area (Å²) in [6, 6.07) is 8.29. The highest BCUT2D eigenvalue weighted by Crippen LogP contribution is 2.41. The summed E-state index contributed by atoms with van der Waals surface area (Å²) >= 11 is 0. The molecule has 10 nitrogen and oxygen atoms in total. The van der Waals surface area contributed by atoms with E-state index in [0.29, 0.717) is 30.3 Å². The quantitative estimate of drug-likeness (QED) is 0.797. The Morgan fingerprint density at radius 3 is 2.68 bits per heavy atom. The maximum atomic E-state index is 12.3. The van der Waals surface area contributed by atoms with Gasteiger partial charge < -0.3 is 14.6 Å². The van der Waals surface area contributed by atoms with Crippen molar-refractivity contribution in [3.05, 3.63) is 36.5 Å². The van der Waals surface area contributed by atoms with Crippen LogP contribution >= 0.6 is 0 Å². The van der Waals surface area contributed by atoms with Gasteiger partial charge >= 0.3 is 12.1 Å². The summed E-state index contributed by atoms with van der Waals surface area (Å²) in [5.41, 5.74) is 2.24. The van der Waals surface area contributed by atoms with E-state index in [1.807, 2.05) is 18.2 Å². The SMILES string of the molecule is CC(=O)N1CCN(c2ccc(-c3ccc4c(c3)OC[C@H]3[C@H](CO)OC(=O)N43)cn2)C1=O. The molecule has 0 spiro atoms. The first-order chi connectivity index (χ1) is 15.0. The van der Waals surface area contributed by atoms with E-state index in [9.17, 15) is 19.5 Å². The van der Waals surface area contributed by atoms with E-state index in [0.717, 1.165) is 11.1 Å². The Labute approximate surface area is 177 Å². The molecule has 2 saturated heterocycles. The third-order valence-electron chi connectivity index (χ3n) is 5.77. The molecule has 0 bridgehead atoms. The summed E-state index contributed by atoms with van der Waals surface area (Å²) in [4.78, 5) is 44.6. The Balaban J connectivity index is 1.38. The highest BCUT2D eigenvalue weighted by molar-refractivity contribution is 6.03. The first-order valence-electron chi connectivity index (χ1n) is 9.91. The number of aliphatic hydroxyl groups excluding tert-OH is 1. The molecular formula is C21H20N4O6. The number of imide groups is 1. The van der Waals surface area contributed by atoms with Crippen molar-refractivity contribution in [2.45, 2.75) is 19.1 Å². The van der Waals surface area contributed by atoms with Gasteiger partial charge in [-0.2, -0.15) is 0 Å². The minimum Gasteiger partial charge on any atom is -0.489 e. The van der Waals surface area contributed by atoms with Crippen LogP contribution in [-0.4, -0.2) is 71.5 Å². The second kappa shape index (κ2) is 7.24. The molecule has 5 rings (SSSR count). The lowest BCUT2D eigenvalue weighted by Gasteiger charge is -2.31. The minimum atomic E-state index is -0.607. The normalized spacial score (nSPS) is 22.2. The first kappa shape index (κ1) is 19.3. The lowest BCUT2D eigenvalue weighted by molar-refractivity contribution is -0.125.